The fraction of sp³-hybridized carbons (Fsp3) is 0.259. The number of phenolic OH excluding ortho intramolecular Hbond substituents is 1. The van der Waals surface area contributed by atoms with E-state index in [0.717, 1.165) is 50.9 Å². The average molecular weight is 536 g/mol. The van der Waals surface area contributed by atoms with Crippen molar-refractivity contribution in [3.8, 4) is 22.6 Å². The summed E-state index contributed by atoms with van der Waals surface area (Å²) in [7, 11) is 1.51. The zero-order valence-electron chi connectivity index (χ0n) is 19.5. The van der Waals surface area contributed by atoms with Gasteiger partial charge in [-0.05, 0) is 0 Å². The van der Waals surface area contributed by atoms with E-state index in [4.69, 9.17) is 4.74 Å². The van der Waals surface area contributed by atoms with Crippen molar-refractivity contribution >= 4 is 43.7 Å². The standard InChI is InChI=1S/C27H27N3O4Se/c1-34-24-15-18(5-8-23(24)31)17-4-7-20-21(26(32)29-22(20)14-17)16-19-6-9-25(35-19)27(33)28-10-13-30-11-2-3-12-30/h4-9,14-16,31H,2-3,10-13H2,1H3,(H,28,33)(H,29,32)/b21-16-. The van der Waals surface area contributed by atoms with E-state index in [9.17, 15) is 14.7 Å². The first-order valence-corrected chi connectivity index (χ1v) is 13.4. The number of rotatable bonds is 7. The summed E-state index contributed by atoms with van der Waals surface area (Å²) < 4.78 is 6.98. The van der Waals surface area contributed by atoms with Crippen molar-refractivity contribution in [2.75, 3.05) is 38.6 Å². The molecule has 8 heteroatoms. The molecule has 5 rings (SSSR count). The van der Waals surface area contributed by atoms with Crippen molar-refractivity contribution in [1.82, 2.24) is 10.2 Å². The Labute approximate surface area is 210 Å². The number of nitrogens with one attached hydrogen (secondary N) is 2. The summed E-state index contributed by atoms with van der Waals surface area (Å²) in [6.07, 6.45) is 4.38. The molecule has 1 saturated heterocycles. The molecular formula is C27H27N3O4Se. The first-order chi connectivity index (χ1) is 17.0. The van der Waals surface area contributed by atoms with Gasteiger partial charge in [0.25, 0.3) is 0 Å². The molecule has 0 saturated carbocycles. The Morgan fingerprint density at radius 1 is 1.14 bits per heavy atom. The number of benzene rings is 2. The SMILES string of the molecule is COc1cc(-c2ccc3c(c2)NC(=O)/C3=C\c2ccc(C(=O)NCCN3CCCC3)[se]2)ccc1O. The summed E-state index contributed by atoms with van der Waals surface area (Å²) in [5.41, 5.74) is 3.96. The van der Waals surface area contributed by atoms with E-state index in [0.29, 0.717) is 17.9 Å². The molecule has 0 unspecified atom stereocenters. The minimum atomic E-state index is -0.152. The molecule has 0 aliphatic carbocycles. The van der Waals surface area contributed by atoms with Gasteiger partial charge in [-0.1, -0.05) is 0 Å². The zero-order valence-corrected chi connectivity index (χ0v) is 21.2. The molecule has 3 N–H and O–H groups in total. The number of likely N-dealkylation sites (tertiary alicyclic amines) is 1. The van der Waals surface area contributed by atoms with E-state index in [1.807, 2.05) is 42.5 Å². The van der Waals surface area contributed by atoms with E-state index in [2.05, 4.69) is 15.5 Å². The quantitative estimate of drug-likeness (QED) is 0.318. The molecule has 2 aliphatic heterocycles. The summed E-state index contributed by atoms with van der Waals surface area (Å²) in [6, 6.07) is 14.8. The molecule has 2 aliphatic rings. The van der Waals surface area contributed by atoms with Gasteiger partial charge in [0, 0.05) is 0 Å². The molecule has 180 valence electrons. The fourth-order valence-corrected chi connectivity index (χ4v) is 6.31. The van der Waals surface area contributed by atoms with Crippen LogP contribution in [0.4, 0.5) is 5.69 Å². The Balaban J connectivity index is 1.30. The molecule has 0 atom stereocenters. The average Bonchev–Trinajstić information content (AvgIpc) is 3.61. The van der Waals surface area contributed by atoms with Crippen molar-refractivity contribution in [1.29, 1.82) is 0 Å². The van der Waals surface area contributed by atoms with Crippen molar-refractivity contribution in [2.45, 2.75) is 12.8 Å². The van der Waals surface area contributed by atoms with Gasteiger partial charge in [-0.15, -0.1) is 0 Å². The van der Waals surface area contributed by atoms with E-state index in [-0.39, 0.29) is 32.1 Å². The van der Waals surface area contributed by atoms with E-state index < -0.39 is 0 Å². The number of ether oxygens (including phenoxy) is 1. The van der Waals surface area contributed by atoms with E-state index in [1.54, 1.807) is 12.1 Å². The molecule has 2 amide bonds. The predicted molar refractivity (Wildman–Crippen MR) is 138 cm³/mol. The molecule has 3 aromatic rings. The van der Waals surface area contributed by atoms with Crippen LogP contribution in [0.5, 0.6) is 11.5 Å². The topological polar surface area (TPSA) is 90.9 Å². The van der Waals surface area contributed by atoms with Crippen LogP contribution in [-0.4, -0.2) is 69.6 Å². The normalized spacial score (nSPS) is 16.4. The van der Waals surface area contributed by atoms with Crippen molar-refractivity contribution < 1.29 is 19.4 Å². The molecule has 3 heterocycles. The summed E-state index contributed by atoms with van der Waals surface area (Å²) in [4.78, 5) is 27.7. The Morgan fingerprint density at radius 2 is 1.91 bits per heavy atom. The molecule has 0 bridgehead atoms. The van der Waals surface area contributed by atoms with Crippen LogP contribution in [0.15, 0.2) is 48.5 Å². The second-order valence-electron chi connectivity index (χ2n) is 8.67. The molecule has 1 fully saturated rings. The maximum atomic E-state index is 12.7. The van der Waals surface area contributed by atoms with Gasteiger partial charge in [0.2, 0.25) is 0 Å². The molecule has 35 heavy (non-hydrogen) atoms. The van der Waals surface area contributed by atoms with Crippen molar-refractivity contribution in [3.05, 3.63) is 63.0 Å². The number of nitrogens with zero attached hydrogens (tertiary/aromatic N) is 1. The number of phenols is 1. The molecule has 7 nitrogen and oxygen atoms in total. The van der Waals surface area contributed by atoms with Crippen LogP contribution in [0, 0.1) is 0 Å². The summed E-state index contributed by atoms with van der Waals surface area (Å²) in [5, 5.41) is 15.8. The number of carbonyl (C=O) groups is 2. The predicted octanol–water partition coefficient (Wildman–Crippen LogP) is 3.44. The van der Waals surface area contributed by atoms with Gasteiger partial charge in [-0.3, -0.25) is 0 Å². The van der Waals surface area contributed by atoms with Crippen molar-refractivity contribution in [2.24, 2.45) is 0 Å². The van der Waals surface area contributed by atoms with Gasteiger partial charge >= 0.3 is 210 Å². The third-order valence-electron chi connectivity index (χ3n) is 6.37. The van der Waals surface area contributed by atoms with E-state index in [1.165, 1.54) is 20.0 Å². The van der Waals surface area contributed by atoms with Crippen molar-refractivity contribution in [3.63, 3.8) is 0 Å². The Morgan fingerprint density at radius 3 is 2.71 bits per heavy atom. The van der Waals surface area contributed by atoms with E-state index >= 15 is 0 Å². The summed E-state index contributed by atoms with van der Waals surface area (Å²) >= 11 is -0.143. The Kier molecular flexibility index (Phi) is 6.77. The monoisotopic (exact) mass is 537 g/mol. The van der Waals surface area contributed by atoms with Crippen LogP contribution < -0.4 is 15.4 Å². The van der Waals surface area contributed by atoms with Crippen LogP contribution in [0.2, 0.25) is 0 Å². The van der Waals surface area contributed by atoms with Gasteiger partial charge in [0.15, 0.2) is 0 Å². The second-order valence-corrected chi connectivity index (χ2v) is 11.0. The number of hydrogen-bond acceptors (Lipinski definition) is 5. The molecular weight excluding hydrogens is 509 g/mol. The Bertz CT molecular complexity index is 1310. The molecule has 2 aromatic carbocycles. The second kappa shape index (κ2) is 10.1. The summed E-state index contributed by atoms with van der Waals surface area (Å²) in [5.74, 6) is 0.307. The number of aromatic hydroxyl groups is 1. The summed E-state index contributed by atoms with van der Waals surface area (Å²) in [6.45, 7) is 3.80. The number of anilines is 1. The first-order valence-electron chi connectivity index (χ1n) is 11.7. The Hall–Kier alpha value is -3.32. The number of amides is 2. The van der Waals surface area contributed by atoms with Crippen LogP contribution in [0.25, 0.3) is 22.8 Å². The van der Waals surface area contributed by atoms with Crippen LogP contribution in [0.3, 0.4) is 0 Å². The van der Waals surface area contributed by atoms with Crippen LogP contribution in [-0.2, 0) is 4.79 Å². The van der Waals surface area contributed by atoms with Crippen LogP contribution in [0.1, 0.15) is 32.1 Å². The fourth-order valence-electron chi connectivity index (χ4n) is 4.49. The number of fused-ring (bicyclic) bond motifs is 1. The first kappa shape index (κ1) is 23.4. The number of methoxy groups -OCH3 is 1. The van der Waals surface area contributed by atoms with Gasteiger partial charge < -0.3 is 0 Å². The molecule has 0 radical (unpaired) electrons. The maximum absolute atomic E-state index is 12.7. The third kappa shape index (κ3) is 5.05. The van der Waals surface area contributed by atoms with Crippen LogP contribution >= 0.6 is 0 Å². The van der Waals surface area contributed by atoms with Gasteiger partial charge in [-0.2, -0.15) is 0 Å². The third-order valence-corrected chi connectivity index (χ3v) is 8.53. The minimum absolute atomic E-state index is 0.0147. The number of hydrogen-bond donors (Lipinski definition) is 3. The van der Waals surface area contributed by atoms with Gasteiger partial charge in [-0.25, -0.2) is 0 Å². The van der Waals surface area contributed by atoms with Gasteiger partial charge in [0.05, 0.1) is 0 Å². The molecule has 0 spiro atoms. The zero-order chi connectivity index (χ0) is 24.4. The molecule has 1 aromatic heterocycles. The van der Waals surface area contributed by atoms with Gasteiger partial charge in [0.1, 0.15) is 0 Å². The number of carbonyl (C=O) groups excluding carboxylic acids is 2.